The maximum absolute atomic E-state index is 12.0. The number of hydrogen-bond donors (Lipinski definition) is 4. The molecule has 20 nitrogen and oxygen atoms in total. The number of esters is 4. The number of cyclic esters (lactones) is 2. The molecule has 0 aromatic carbocycles. The van der Waals surface area contributed by atoms with Gasteiger partial charge in [0.1, 0.15) is 12.2 Å². The van der Waals surface area contributed by atoms with Gasteiger partial charge in [-0.3, -0.25) is 18.7 Å². The van der Waals surface area contributed by atoms with Crippen LogP contribution in [-0.2, 0) is 65.4 Å². The van der Waals surface area contributed by atoms with Gasteiger partial charge in [0.25, 0.3) is 11.5 Å². The third-order valence-corrected chi connectivity index (χ3v) is 9.25. The summed E-state index contributed by atoms with van der Waals surface area (Å²) in [6.07, 6.45) is 2.34. The van der Waals surface area contributed by atoms with E-state index in [-0.39, 0.29) is 63.8 Å². The summed E-state index contributed by atoms with van der Waals surface area (Å²) in [6.45, 7) is 4.78. The summed E-state index contributed by atoms with van der Waals surface area (Å²) in [6, 6.07) is 0. The Morgan fingerprint density at radius 2 is 1.05 bits per heavy atom. The van der Waals surface area contributed by atoms with Gasteiger partial charge in [-0.25, -0.2) is 9.59 Å². The predicted molar refractivity (Wildman–Crippen MR) is 185 cm³/mol. The van der Waals surface area contributed by atoms with Gasteiger partial charge in [-0.1, -0.05) is 65.2 Å². The number of phosphoric ester groups is 2. The molecule has 0 bridgehead atoms. The van der Waals surface area contributed by atoms with E-state index in [2.05, 4.69) is 31.9 Å². The normalized spacial score (nSPS) is 19.8. The third-order valence-electron chi connectivity index (χ3n) is 7.27. The van der Waals surface area contributed by atoms with Crippen LogP contribution in [0, 0.1) is 0 Å². The number of hydrogen-bond acceptors (Lipinski definition) is 20. The van der Waals surface area contributed by atoms with E-state index in [1.807, 2.05) is 0 Å². The monoisotopic (exact) mass is 858 g/mol. The maximum atomic E-state index is 12.0. The second-order valence-electron chi connectivity index (χ2n) is 11.7. The number of unbranched alkanes of at least 4 members (excludes halogenated alkanes) is 8. The largest absolute Gasteiger partial charge is 2.00 e. The van der Waals surface area contributed by atoms with Crippen LogP contribution in [0.5, 0.6) is 0 Å². The second kappa shape index (κ2) is 27.9. The van der Waals surface area contributed by atoms with E-state index >= 15 is 0 Å². The number of phosphoric acid groups is 2. The molecular formula is C32H52CaO20P2. The summed E-state index contributed by atoms with van der Waals surface area (Å²) in [5, 5.41) is 37.6. The minimum absolute atomic E-state index is 0. The van der Waals surface area contributed by atoms with Crippen molar-refractivity contribution in [2.24, 2.45) is 0 Å². The fraction of sp³-hybridized carbons (Fsp3) is 0.750. The molecule has 0 saturated carbocycles. The number of rotatable bonds is 26. The molecule has 2 aliphatic heterocycles. The second-order valence-corrected chi connectivity index (χ2v) is 14.4. The van der Waals surface area contributed by atoms with Crippen LogP contribution in [0.25, 0.3) is 0 Å². The van der Waals surface area contributed by atoms with Crippen molar-refractivity contribution < 1.29 is 95.6 Å². The van der Waals surface area contributed by atoms with Crippen molar-refractivity contribution in [1.29, 1.82) is 0 Å². The van der Waals surface area contributed by atoms with Crippen molar-refractivity contribution in [2.45, 2.75) is 129 Å². The average Bonchev–Trinajstić information content (AvgIpc) is 3.57. The van der Waals surface area contributed by atoms with Gasteiger partial charge < -0.3 is 67.3 Å². The number of aliphatic hydroxyl groups is 4. The molecule has 55 heavy (non-hydrogen) atoms. The molecular weight excluding hydrogens is 806 g/mol. The number of carbonyl (C=O) groups excluding carboxylic acids is 4. The smallest absolute Gasteiger partial charge is 0.746 e. The Kier molecular flexibility index (Phi) is 27.1. The molecule has 23 heteroatoms. The van der Waals surface area contributed by atoms with Gasteiger partial charge in [0.05, 0.1) is 26.4 Å². The van der Waals surface area contributed by atoms with E-state index in [1.165, 1.54) is 13.8 Å². The van der Waals surface area contributed by atoms with Gasteiger partial charge >= 0.3 is 77.3 Å². The molecule has 6 atom stereocenters. The fourth-order valence-corrected chi connectivity index (χ4v) is 6.21. The Labute approximate surface area is 349 Å². The van der Waals surface area contributed by atoms with Crippen molar-refractivity contribution >= 4 is 77.3 Å². The van der Waals surface area contributed by atoms with Crippen molar-refractivity contribution in [1.82, 2.24) is 0 Å². The summed E-state index contributed by atoms with van der Waals surface area (Å²) in [7, 11) is -9.80. The van der Waals surface area contributed by atoms with E-state index in [9.17, 15) is 48.3 Å². The maximum Gasteiger partial charge on any atom is 2.00 e. The minimum atomic E-state index is -4.90. The summed E-state index contributed by atoms with van der Waals surface area (Å²) in [4.78, 5) is 71.3. The molecule has 0 fully saturated rings. The first-order valence-electron chi connectivity index (χ1n) is 17.7. The van der Waals surface area contributed by atoms with Crippen LogP contribution < -0.4 is 9.79 Å². The zero-order valence-electron chi connectivity index (χ0n) is 31.5. The van der Waals surface area contributed by atoms with Gasteiger partial charge in [0, 0.05) is 12.8 Å². The third kappa shape index (κ3) is 19.6. The molecule has 0 saturated heterocycles. The first-order chi connectivity index (χ1) is 25.5. The zero-order chi connectivity index (χ0) is 40.9. The van der Waals surface area contributed by atoms with E-state index in [4.69, 9.17) is 29.2 Å². The van der Waals surface area contributed by atoms with Crippen LogP contribution in [0.2, 0.25) is 0 Å². The van der Waals surface area contributed by atoms with Crippen LogP contribution in [-0.4, -0.2) is 133 Å². The minimum Gasteiger partial charge on any atom is -0.746 e. The van der Waals surface area contributed by atoms with E-state index in [0.29, 0.717) is 12.8 Å². The standard InChI is InChI=1S/2C16H27O10P.Ca/c1-3-5-6-7-8-9-12(19)24-15-14(26-27(21,22)23-4-2)13(11(18)10-17)25-16(15)20;1-3-5-6-7-8-9-12(19)24-14-13(11(18)10-17)25-16(20)15(14)26-27(21,22)23-4-2;/h2*11,13,17-18H,3-10H2,1-2H3,(H,21,22);/q;;+2/p-2/t2*11?,13-;/m11./s1. The first kappa shape index (κ1) is 53.4. The van der Waals surface area contributed by atoms with Crippen molar-refractivity contribution in [2.75, 3.05) is 26.4 Å². The van der Waals surface area contributed by atoms with E-state index < -0.39 is 100 Å². The molecule has 4 N–H and O–H groups in total. The Bertz CT molecular complexity index is 1390. The number of ether oxygens (including phenoxy) is 4. The summed E-state index contributed by atoms with van der Waals surface area (Å²) in [5.41, 5.74) is 0. The SMILES string of the molecule is CCCCCCCC(=O)OC1=C(OP(=O)([O-])OCC)C(=O)O[C@@H]1C(O)CO.CCCCCCCC(=O)OC1=C(OP(=O)([O-])OCC)[C@@H](C(O)CO)OC1=O.[Ca+2]. The molecule has 0 aliphatic carbocycles. The van der Waals surface area contributed by atoms with Gasteiger partial charge in [-0.05, 0) is 26.7 Å². The van der Waals surface area contributed by atoms with Gasteiger partial charge in [-0.15, -0.1) is 0 Å². The summed E-state index contributed by atoms with van der Waals surface area (Å²) >= 11 is 0. The molecule has 312 valence electrons. The molecule has 0 aromatic rings. The van der Waals surface area contributed by atoms with Gasteiger partial charge in [0.2, 0.25) is 5.76 Å². The van der Waals surface area contributed by atoms with Gasteiger partial charge in [-0.2, -0.15) is 0 Å². The Hall–Kier alpha value is -1.64. The molecule has 0 aromatic heterocycles. The molecule has 4 unspecified atom stereocenters. The van der Waals surface area contributed by atoms with Crippen LogP contribution in [0.4, 0.5) is 0 Å². The summed E-state index contributed by atoms with van der Waals surface area (Å²) in [5.74, 6) is -6.96. The molecule has 2 heterocycles. The first-order valence-corrected chi connectivity index (χ1v) is 20.6. The van der Waals surface area contributed by atoms with Crippen LogP contribution >= 0.6 is 15.6 Å². The quantitative estimate of drug-likeness (QED) is 0.0314. The van der Waals surface area contributed by atoms with E-state index in [1.54, 1.807) is 0 Å². The average molecular weight is 859 g/mol. The topological polar surface area (TPSA) is 303 Å². The predicted octanol–water partition coefficient (Wildman–Crippen LogP) is 1.42. The van der Waals surface area contributed by atoms with Crippen LogP contribution in [0.1, 0.15) is 105 Å². The van der Waals surface area contributed by atoms with E-state index in [0.717, 1.165) is 51.4 Å². The Morgan fingerprint density at radius 1 is 0.655 bits per heavy atom. The fourth-order valence-electron chi connectivity index (χ4n) is 4.66. The van der Waals surface area contributed by atoms with Crippen molar-refractivity contribution in [3.05, 3.63) is 23.0 Å². The van der Waals surface area contributed by atoms with Gasteiger partial charge in [0.15, 0.2) is 18.0 Å². The zero-order valence-corrected chi connectivity index (χ0v) is 35.5. The molecule has 0 amide bonds. The van der Waals surface area contributed by atoms with Crippen molar-refractivity contribution in [3.8, 4) is 0 Å². The Balaban J connectivity index is 0.00000104. The Morgan fingerprint density at radius 3 is 1.49 bits per heavy atom. The van der Waals surface area contributed by atoms with Crippen LogP contribution in [0.15, 0.2) is 23.0 Å². The van der Waals surface area contributed by atoms with Crippen molar-refractivity contribution in [3.63, 3.8) is 0 Å². The number of carbonyl (C=O) groups is 4. The number of aliphatic hydroxyl groups excluding tert-OH is 4. The molecule has 2 aliphatic rings. The molecule has 2 rings (SSSR count). The molecule has 0 radical (unpaired) electrons. The summed E-state index contributed by atoms with van der Waals surface area (Å²) < 4.78 is 61.0. The van der Waals surface area contributed by atoms with Crippen LogP contribution in [0.3, 0.4) is 0 Å². The molecule has 0 spiro atoms.